The third kappa shape index (κ3) is 2.68. The van der Waals surface area contributed by atoms with Gasteiger partial charge in [-0.3, -0.25) is 19.2 Å². The van der Waals surface area contributed by atoms with Crippen LogP contribution in [0.15, 0.2) is 29.2 Å². The number of anilines is 1. The normalized spacial score (nSPS) is 14.0. The molecule has 6 nitrogen and oxygen atoms in total. The summed E-state index contributed by atoms with van der Waals surface area (Å²) in [6.45, 7) is 7.29. The number of hydrogen-bond acceptors (Lipinski definition) is 4. The van der Waals surface area contributed by atoms with Gasteiger partial charge in [0.05, 0.1) is 16.0 Å². The van der Waals surface area contributed by atoms with Crippen molar-refractivity contribution in [3.05, 3.63) is 57.6 Å². The van der Waals surface area contributed by atoms with Crippen LogP contribution in [-0.4, -0.2) is 32.2 Å². The van der Waals surface area contributed by atoms with Crippen LogP contribution in [0.25, 0.3) is 0 Å². The van der Waals surface area contributed by atoms with Crippen molar-refractivity contribution < 1.29 is 18.0 Å². The van der Waals surface area contributed by atoms with Gasteiger partial charge in [-0.05, 0) is 68.1 Å². The van der Waals surface area contributed by atoms with E-state index in [4.69, 9.17) is 0 Å². The number of fused-ring (bicyclic) bond motifs is 1. The van der Waals surface area contributed by atoms with Gasteiger partial charge in [0.2, 0.25) is 0 Å². The maximum absolute atomic E-state index is 13.0. The minimum atomic E-state index is -3.84. The van der Waals surface area contributed by atoms with Gasteiger partial charge in [0.1, 0.15) is 0 Å². The van der Waals surface area contributed by atoms with Crippen molar-refractivity contribution in [1.29, 1.82) is 0 Å². The molecule has 7 heteroatoms. The lowest BCUT2D eigenvalue weighted by Gasteiger charge is -2.17. The molecular formula is C19H20N2O4S. The fourth-order valence-corrected chi connectivity index (χ4v) is 4.88. The summed E-state index contributed by atoms with van der Waals surface area (Å²) in [7, 11) is -2.44. The number of nitrogens with zero attached hydrogens (tertiary/aromatic N) is 1. The molecule has 0 saturated heterocycles. The Morgan fingerprint density at radius 1 is 0.846 bits per heavy atom. The second-order valence-corrected chi connectivity index (χ2v) is 8.24. The monoisotopic (exact) mass is 372 g/mol. The smallest absolute Gasteiger partial charge is 0.262 e. The Morgan fingerprint density at radius 2 is 1.38 bits per heavy atom. The summed E-state index contributed by atoms with van der Waals surface area (Å²) in [6.07, 6.45) is 0. The van der Waals surface area contributed by atoms with Gasteiger partial charge < -0.3 is 0 Å². The summed E-state index contributed by atoms with van der Waals surface area (Å²) in [5, 5.41) is 0. The molecule has 26 heavy (non-hydrogen) atoms. The van der Waals surface area contributed by atoms with Gasteiger partial charge in [0.15, 0.2) is 0 Å². The lowest BCUT2D eigenvalue weighted by Crippen LogP contribution is -2.24. The summed E-state index contributed by atoms with van der Waals surface area (Å²) in [5.74, 6) is -0.829. The fraction of sp³-hybridized carbons (Fsp3) is 0.263. The molecule has 2 aromatic rings. The number of hydrogen-bond donors (Lipinski definition) is 1. The summed E-state index contributed by atoms with van der Waals surface area (Å²) < 4.78 is 28.5. The molecule has 1 aliphatic rings. The number of rotatable bonds is 3. The molecule has 136 valence electrons. The van der Waals surface area contributed by atoms with Crippen LogP contribution in [0, 0.1) is 27.7 Å². The van der Waals surface area contributed by atoms with E-state index in [1.807, 2.05) is 19.9 Å². The molecule has 0 bridgehead atoms. The fourth-order valence-electron chi connectivity index (χ4n) is 3.21. The Bertz CT molecular complexity index is 1050. The van der Waals surface area contributed by atoms with Crippen LogP contribution >= 0.6 is 0 Å². The van der Waals surface area contributed by atoms with Crippen molar-refractivity contribution in [2.24, 2.45) is 0 Å². The lowest BCUT2D eigenvalue weighted by molar-refractivity contribution is 0.0693. The first-order valence-electron chi connectivity index (χ1n) is 8.11. The van der Waals surface area contributed by atoms with Gasteiger partial charge in [0.25, 0.3) is 21.8 Å². The number of imide groups is 1. The van der Waals surface area contributed by atoms with E-state index in [-0.39, 0.29) is 27.6 Å². The average Bonchev–Trinajstić information content (AvgIpc) is 2.77. The van der Waals surface area contributed by atoms with Crippen LogP contribution in [0.4, 0.5) is 5.69 Å². The predicted molar refractivity (Wildman–Crippen MR) is 99.1 cm³/mol. The summed E-state index contributed by atoms with van der Waals surface area (Å²) in [6, 6.07) is 6.33. The van der Waals surface area contributed by atoms with Gasteiger partial charge in [-0.2, -0.15) is 0 Å². The average molecular weight is 372 g/mol. The van der Waals surface area contributed by atoms with Crippen LogP contribution in [-0.2, 0) is 10.0 Å². The summed E-state index contributed by atoms with van der Waals surface area (Å²) >= 11 is 0. The molecule has 1 aliphatic heterocycles. The zero-order valence-electron chi connectivity index (χ0n) is 15.3. The predicted octanol–water partition coefficient (Wildman–Crippen LogP) is 2.95. The molecule has 0 saturated carbocycles. The van der Waals surface area contributed by atoms with Crippen LogP contribution in [0.5, 0.6) is 0 Å². The highest BCUT2D eigenvalue weighted by Crippen LogP contribution is 2.30. The van der Waals surface area contributed by atoms with Crippen LogP contribution in [0.1, 0.15) is 43.0 Å². The van der Waals surface area contributed by atoms with Crippen molar-refractivity contribution in [2.45, 2.75) is 32.6 Å². The minimum absolute atomic E-state index is 0.201. The first-order chi connectivity index (χ1) is 12.0. The largest absolute Gasteiger partial charge is 0.280 e. The molecule has 0 aliphatic carbocycles. The van der Waals surface area contributed by atoms with E-state index in [9.17, 15) is 18.0 Å². The first kappa shape index (κ1) is 18.1. The van der Waals surface area contributed by atoms with Crippen molar-refractivity contribution in [1.82, 2.24) is 4.90 Å². The van der Waals surface area contributed by atoms with E-state index in [1.165, 1.54) is 25.2 Å². The van der Waals surface area contributed by atoms with Gasteiger partial charge in [0, 0.05) is 12.7 Å². The second kappa shape index (κ2) is 5.95. The molecule has 0 fully saturated rings. The van der Waals surface area contributed by atoms with E-state index in [0.29, 0.717) is 11.1 Å². The minimum Gasteiger partial charge on any atom is -0.280 e. The van der Waals surface area contributed by atoms with Crippen molar-refractivity contribution in [3.63, 3.8) is 0 Å². The van der Waals surface area contributed by atoms with Crippen molar-refractivity contribution in [3.8, 4) is 0 Å². The third-order valence-electron chi connectivity index (χ3n) is 4.91. The van der Waals surface area contributed by atoms with Crippen LogP contribution in [0.2, 0.25) is 0 Å². The molecule has 1 N–H and O–H groups in total. The number of aryl methyl sites for hydroxylation is 2. The zero-order valence-corrected chi connectivity index (χ0v) is 16.1. The van der Waals surface area contributed by atoms with Crippen molar-refractivity contribution >= 4 is 27.5 Å². The molecule has 0 spiro atoms. The molecule has 0 atom stereocenters. The molecule has 3 rings (SSSR count). The lowest BCUT2D eigenvalue weighted by atomic mass is 10.0. The molecule has 0 radical (unpaired) electrons. The quantitative estimate of drug-likeness (QED) is 0.840. The molecule has 0 aromatic heterocycles. The van der Waals surface area contributed by atoms with Crippen LogP contribution < -0.4 is 4.72 Å². The third-order valence-corrected chi connectivity index (χ3v) is 6.56. The number of nitrogens with one attached hydrogen (secondary N) is 1. The van der Waals surface area contributed by atoms with Gasteiger partial charge in [-0.25, -0.2) is 8.42 Å². The Hall–Kier alpha value is -2.67. The highest BCUT2D eigenvalue weighted by molar-refractivity contribution is 7.92. The zero-order chi connectivity index (χ0) is 19.4. The molecule has 2 aromatic carbocycles. The van der Waals surface area contributed by atoms with Crippen LogP contribution in [0.3, 0.4) is 0 Å². The summed E-state index contributed by atoms with van der Waals surface area (Å²) in [4.78, 5) is 25.3. The standard InChI is InChI=1S/C19H20N2O4S/c1-10-8-11(2)13(4)17(12(10)3)26(24,25)20-14-6-7-15-16(9-14)19(23)21(5)18(15)22/h6-9,20H,1-5H3. The van der Waals surface area contributed by atoms with E-state index < -0.39 is 15.9 Å². The molecule has 2 amide bonds. The van der Waals surface area contributed by atoms with Gasteiger partial charge in [-0.1, -0.05) is 6.07 Å². The van der Waals surface area contributed by atoms with E-state index in [2.05, 4.69) is 4.72 Å². The Kier molecular flexibility index (Phi) is 4.15. The van der Waals surface area contributed by atoms with Gasteiger partial charge >= 0.3 is 0 Å². The molecule has 0 unspecified atom stereocenters. The Morgan fingerprint density at radius 3 is 1.96 bits per heavy atom. The number of amides is 2. The number of sulfonamides is 1. The van der Waals surface area contributed by atoms with E-state index >= 15 is 0 Å². The maximum Gasteiger partial charge on any atom is 0.262 e. The number of carbonyl (C=O) groups is 2. The van der Waals surface area contributed by atoms with Gasteiger partial charge in [-0.15, -0.1) is 0 Å². The van der Waals surface area contributed by atoms with E-state index in [1.54, 1.807) is 13.8 Å². The molecular weight excluding hydrogens is 352 g/mol. The Balaban J connectivity index is 2.06. The number of carbonyl (C=O) groups excluding carboxylic acids is 2. The SMILES string of the molecule is Cc1cc(C)c(C)c(S(=O)(=O)Nc2ccc3c(c2)C(=O)N(C)C3=O)c1C. The highest BCUT2D eigenvalue weighted by Gasteiger charge is 2.33. The number of benzene rings is 2. The summed E-state index contributed by atoms with van der Waals surface area (Å²) in [5.41, 5.74) is 3.89. The van der Waals surface area contributed by atoms with E-state index in [0.717, 1.165) is 16.0 Å². The topological polar surface area (TPSA) is 83.6 Å². The second-order valence-electron chi connectivity index (χ2n) is 6.62. The van der Waals surface area contributed by atoms with Crippen molar-refractivity contribution in [2.75, 3.05) is 11.8 Å². The Labute approximate surface area is 152 Å². The molecule has 1 heterocycles. The highest BCUT2D eigenvalue weighted by atomic mass is 32.2. The first-order valence-corrected chi connectivity index (χ1v) is 9.59. The maximum atomic E-state index is 13.0.